The summed E-state index contributed by atoms with van der Waals surface area (Å²) in [6.45, 7) is 5.48. The van der Waals surface area contributed by atoms with Gasteiger partial charge in [-0.05, 0) is 36.8 Å². The lowest BCUT2D eigenvalue weighted by Crippen LogP contribution is -2.42. The lowest BCUT2D eigenvalue weighted by atomic mass is 9.77. The normalized spacial score (nSPS) is 19.1. The first kappa shape index (κ1) is 17.6. The van der Waals surface area contributed by atoms with Gasteiger partial charge in [0, 0.05) is 38.0 Å². The number of fused-ring (bicyclic) bond motifs is 1. The molecule has 1 aromatic carbocycles. The van der Waals surface area contributed by atoms with Crippen molar-refractivity contribution in [3.63, 3.8) is 0 Å². The molecule has 2 aromatic heterocycles. The first-order valence-electron chi connectivity index (χ1n) is 9.90. The van der Waals surface area contributed by atoms with Gasteiger partial charge in [0.2, 0.25) is 5.91 Å². The van der Waals surface area contributed by atoms with Crippen molar-refractivity contribution < 1.29 is 4.79 Å². The number of aryl methyl sites for hydroxylation is 1. The summed E-state index contributed by atoms with van der Waals surface area (Å²) >= 11 is 1.67. The van der Waals surface area contributed by atoms with E-state index < -0.39 is 0 Å². The molecule has 2 aliphatic heterocycles. The number of hydrogen-bond acceptors (Lipinski definition) is 5. The Morgan fingerprint density at radius 3 is 2.68 bits per heavy atom. The van der Waals surface area contributed by atoms with Crippen LogP contribution in [0.1, 0.15) is 30.7 Å². The Balaban J connectivity index is 1.30. The van der Waals surface area contributed by atoms with Crippen LogP contribution in [0, 0.1) is 12.3 Å². The third-order valence-electron chi connectivity index (χ3n) is 6.16. The maximum atomic E-state index is 12.7. The van der Waals surface area contributed by atoms with Gasteiger partial charge in [0.25, 0.3) is 0 Å². The van der Waals surface area contributed by atoms with Crippen molar-refractivity contribution in [2.45, 2.75) is 32.7 Å². The van der Waals surface area contributed by atoms with E-state index >= 15 is 0 Å². The van der Waals surface area contributed by atoms with Crippen LogP contribution < -0.4 is 4.90 Å². The average Bonchev–Trinajstić information content (AvgIpc) is 3.27. The standard InChI is InChI=1S/C22H24N4OS/c1-16-23-20(18-7-12-28-21(18)24-16)25-10-8-22(9-11-25)13-19(27)26(15-22)14-17-5-3-2-4-6-17/h2-7,12H,8-11,13-15H2,1H3. The summed E-state index contributed by atoms with van der Waals surface area (Å²) < 4.78 is 0. The third kappa shape index (κ3) is 3.15. The smallest absolute Gasteiger partial charge is 0.223 e. The molecule has 6 heteroatoms. The SMILES string of the molecule is Cc1nc(N2CCC3(CC2)CC(=O)N(Cc2ccccc2)C3)c2ccsc2n1. The van der Waals surface area contributed by atoms with Crippen molar-refractivity contribution >= 4 is 33.3 Å². The van der Waals surface area contributed by atoms with Gasteiger partial charge in [-0.25, -0.2) is 9.97 Å². The van der Waals surface area contributed by atoms with Crippen LogP contribution in [0.25, 0.3) is 10.2 Å². The summed E-state index contributed by atoms with van der Waals surface area (Å²) in [5, 5.41) is 3.24. The van der Waals surface area contributed by atoms with Crippen molar-refractivity contribution in [1.82, 2.24) is 14.9 Å². The number of rotatable bonds is 3. The highest BCUT2D eigenvalue weighted by molar-refractivity contribution is 7.16. The minimum atomic E-state index is 0.123. The molecule has 0 N–H and O–H groups in total. The van der Waals surface area contributed by atoms with E-state index in [0.29, 0.717) is 12.3 Å². The quantitative estimate of drug-likeness (QED) is 0.676. The molecule has 2 fully saturated rings. The number of thiophene rings is 1. The zero-order valence-corrected chi connectivity index (χ0v) is 16.9. The Hall–Kier alpha value is -2.47. The maximum Gasteiger partial charge on any atom is 0.223 e. The number of amides is 1. The zero-order valence-electron chi connectivity index (χ0n) is 16.1. The molecule has 0 atom stereocenters. The third-order valence-corrected chi connectivity index (χ3v) is 6.97. The van der Waals surface area contributed by atoms with Crippen LogP contribution in [0.3, 0.4) is 0 Å². The topological polar surface area (TPSA) is 49.3 Å². The van der Waals surface area contributed by atoms with Gasteiger partial charge in [0.15, 0.2) is 0 Å². The van der Waals surface area contributed by atoms with Crippen LogP contribution in [0.15, 0.2) is 41.8 Å². The molecule has 3 aromatic rings. The van der Waals surface area contributed by atoms with E-state index in [-0.39, 0.29) is 5.41 Å². The number of benzene rings is 1. The number of carbonyl (C=O) groups excluding carboxylic acids is 1. The fourth-order valence-corrected chi connectivity index (χ4v) is 5.45. The predicted molar refractivity (Wildman–Crippen MR) is 113 cm³/mol. The van der Waals surface area contributed by atoms with Gasteiger partial charge in [0.1, 0.15) is 16.5 Å². The number of hydrogen-bond donors (Lipinski definition) is 0. The molecule has 0 unspecified atom stereocenters. The molecule has 1 amide bonds. The van der Waals surface area contributed by atoms with Gasteiger partial charge in [-0.3, -0.25) is 4.79 Å². The zero-order chi connectivity index (χ0) is 19.1. The second kappa shape index (κ2) is 6.85. The molecule has 1 spiro atoms. The summed E-state index contributed by atoms with van der Waals surface area (Å²) in [5.41, 5.74) is 1.33. The molecule has 4 heterocycles. The van der Waals surface area contributed by atoms with Crippen molar-refractivity contribution in [2.24, 2.45) is 5.41 Å². The van der Waals surface area contributed by atoms with Crippen molar-refractivity contribution in [3.8, 4) is 0 Å². The molecule has 2 saturated heterocycles. The van der Waals surface area contributed by atoms with E-state index in [0.717, 1.165) is 60.9 Å². The lowest BCUT2D eigenvalue weighted by Gasteiger charge is -2.39. The largest absolute Gasteiger partial charge is 0.356 e. The summed E-state index contributed by atoms with van der Waals surface area (Å²) in [7, 11) is 0. The molecule has 0 bridgehead atoms. The Bertz CT molecular complexity index is 1010. The molecule has 0 saturated carbocycles. The highest BCUT2D eigenvalue weighted by atomic mass is 32.1. The van der Waals surface area contributed by atoms with E-state index in [4.69, 9.17) is 4.98 Å². The van der Waals surface area contributed by atoms with Gasteiger partial charge in [0.05, 0.1) is 5.39 Å². The second-order valence-electron chi connectivity index (χ2n) is 8.13. The minimum absolute atomic E-state index is 0.123. The van der Waals surface area contributed by atoms with E-state index in [1.807, 2.05) is 25.1 Å². The molecular weight excluding hydrogens is 368 g/mol. The molecule has 28 heavy (non-hydrogen) atoms. The Morgan fingerprint density at radius 1 is 1.11 bits per heavy atom. The molecular formula is C22H24N4OS. The molecule has 2 aliphatic rings. The minimum Gasteiger partial charge on any atom is -0.356 e. The molecule has 0 aliphatic carbocycles. The summed E-state index contributed by atoms with van der Waals surface area (Å²) in [6, 6.07) is 12.4. The van der Waals surface area contributed by atoms with Gasteiger partial charge in [-0.1, -0.05) is 30.3 Å². The number of likely N-dealkylation sites (tertiary alicyclic amines) is 1. The van der Waals surface area contributed by atoms with Crippen molar-refractivity contribution in [2.75, 3.05) is 24.5 Å². The fourth-order valence-electron chi connectivity index (χ4n) is 4.64. The molecule has 144 valence electrons. The second-order valence-corrected chi connectivity index (χ2v) is 9.03. The van der Waals surface area contributed by atoms with Gasteiger partial charge < -0.3 is 9.80 Å². The number of piperidine rings is 1. The van der Waals surface area contributed by atoms with Crippen LogP contribution in [-0.4, -0.2) is 40.4 Å². The predicted octanol–water partition coefficient (Wildman–Crippen LogP) is 4.02. The highest BCUT2D eigenvalue weighted by Gasteiger charge is 2.45. The molecule has 5 rings (SSSR count). The average molecular weight is 393 g/mol. The van der Waals surface area contributed by atoms with E-state index in [1.165, 1.54) is 5.56 Å². The molecule has 5 nitrogen and oxygen atoms in total. The van der Waals surface area contributed by atoms with E-state index in [2.05, 4.69) is 38.4 Å². The summed E-state index contributed by atoms with van der Waals surface area (Å²) in [4.78, 5) is 27.5. The number of carbonyl (C=O) groups is 1. The number of aromatic nitrogens is 2. The van der Waals surface area contributed by atoms with Crippen LogP contribution in [0.2, 0.25) is 0 Å². The lowest BCUT2D eigenvalue weighted by molar-refractivity contribution is -0.128. The van der Waals surface area contributed by atoms with Crippen LogP contribution in [-0.2, 0) is 11.3 Å². The fraction of sp³-hybridized carbons (Fsp3) is 0.409. The Labute approximate surface area is 169 Å². The summed E-state index contributed by atoms with van der Waals surface area (Å²) in [5.74, 6) is 2.19. The van der Waals surface area contributed by atoms with E-state index in [1.54, 1.807) is 11.3 Å². The number of nitrogens with zero attached hydrogens (tertiary/aromatic N) is 4. The highest BCUT2D eigenvalue weighted by Crippen LogP contribution is 2.43. The van der Waals surface area contributed by atoms with Crippen molar-refractivity contribution in [3.05, 3.63) is 53.2 Å². The first-order chi connectivity index (χ1) is 13.6. The monoisotopic (exact) mass is 392 g/mol. The van der Waals surface area contributed by atoms with Gasteiger partial charge in [-0.2, -0.15) is 0 Å². The van der Waals surface area contributed by atoms with Crippen LogP contribution >= 0.6 is 11.3 Å². The van der Waals surface area contributed by atoms with Crippen molar-refractivity contribution in [1.29, 1.82) is 0 Å². The van der Waals surface area contributed by atoms with Crippen LogP contribution in [0.4, 0.5) is 5.82 Å². The summed E-state index contributed by atoms with van der Waals surface area (Å²) in [6.07, 6.45) is 2.77. The number of anilines is 1. The Morgan fingerprint density at radius 2 is 1.89 bits per heavy atom. The van der Waals surface area contributed by atoms with Gasteiger partial charge >= 0.3 is 0 Å². The first-order valence-corrected chi connectivity index (χ1v) is 10.8. The van der Waals surface area contributed by atoms with E-state index in [9.17, 15) is 4.79 Å². The van der Waals surface area contributed by atoms with Gasteiger partial charge in [-0.15, -0.1) is 11.3 Å². The van der Waals surface area contributed by atoms with Crippen LogP contribution in [0.5, 0.6) is 0 Å². The maximum absolute atomic E-state index is 12.7. The molecule has 0 radical (unpaired) electrons. The Kier molecular flexibility index (Phi) is 4.31.